The molecule has 15 heavy (non-hydrogen) atoms. The third kappa shape index (κ3) is 2.06. The van der Waals surface area contributed by atoms with E-state index in [0.29, 0.717) is 11.5 Å². The van der Waals surface area contributed by atoms with E-state index in [0.717, 1.165) is 13.0 Å². The normalized spacial score (nSPS) is 20.5. The van der Waals surface area contributed by atoms with E-state index in [1.54, 1.807) is 0 Å². The molecule has 1 aromatic heterocycles. The molecule has 1 atom stereocenters. The Kier molecular flexibility index (Phi) is 2.80. The highest BCUT2D eigenvalue weighted by molar-refractivity contribution is 5.89. The van der Waals surface area contributed by atoms with Crippen molar-refractivity contribution in [1.29, 1.82) is 0 Å². The highest BCUT2D eigenvalue weighted by atomic mass is 16.5. The van der Waals surface area contributed by atoms with Gasteiger partial charge in [0.25, 0.3) is 0 Å². The van der Waals surface area contributed by atoms with Crippen molar-refractivity contribution in [2.75, 3.05) is 7.11 Å². The monoisotopic (exact) mass is 207 g/mol. The summed E-state index contributed by atoms with van der Waals surface area (Å²) in [5.74, 6) is 0.481. The first-order valence-corrected chi connectivity index (χ1v) is 5.48. The third-order valence-electron chi connectivity index (χ3n) is 3.06. The Bertz CT molecular complexity index is 368. The zero-order valence-corrected chi connectivity index (χ0v) is 9.32. The summed E-state index contributed by atoms with van der Waals surface area (Å²) in [6.07, 6.45) is 5.45. The molecule has 2 heterocycles. The van der Waals surface area contributed by atoms with Crippen LogP contribution in [0.1, 0.15) is 35.8 Å². The van der Waals surface area contributed by atoms with E-state index < -0.39 is 0 Å². The highest BCUT2D eigenvalue weighted by Gasteiger charge is 2.17. The number of rotatable bonds is 1. The Morgan fingerprint density at radius 2 is 2.40 bits per heavy atom. The van der Waals surface area contributed by atoms with Gasteiger partial charge in [0.15, 0.2) is 0 Å². The smallest absolute Gasteiger partial charge is 0.339 e. The fraction of sp³-hybridized carbons (Fsp3) is 0.583. The number of aryl methyl sites for hydroxylation is 1. The fourth-order valence-electron chi connectivity index (χ4n) is 2.23. The number of ether oxygens (including phenoxy) is 1. The number of hydrogen-bond acceptors (Lipinski definition) is 2. The summed E-state index contributed by atoms with van der Waals surface area (Å²) < 4.78 is 6.91. The van der Waals surface area contributed by atoms with Gasteiger partial charge >= 0.3 is 5.97 Å². The molecular weight excluding hydrogens is 190 g/mol. The Morgan fingerprint density at radius 1 is 1.60 bits per heavy atom. The molecule has 0 aromatic carbocycles. The number of aromatic nitrogens is 1. The van der Waals surface area contributed by atoms with Crippen LogP contribution >= 0.6 is 0 Å². The van der Waals surface area contributed by atoms with Crippen LogP contribution in [0.3, 0.4) is 0 Å². The molecule has 0 bridgehead atoms. The molecule has 0 aliphatic carbocycles. The van der Waals surface area contributed by atoms with Gasteiger partial charge in [-0.2, -0.15) is 0 Å². The topological polar surface area (TPSA) is 31.2 Å². The van der Waals surface area contributed by atoms with Crippen LogP contribution in [0.5, 0.6) is 0 Å². The Labute approximate surface area is 90.0 Å². The van der Waals surface area contributed by atoms with Gasteiger partial charge in [-0.1, -0.05) is 6.92 Å². The van der Waals surface area contributed by atoms with E-state index in [1.165, 1.54) is 25.6 Å². The molecule has 0 amide bonds. The molecule has 82 valence electrons. The predicted octanol–water partition coefficient (Wildman–Crippen LogP) is 2.25. The van der Waals surface area contributed by atoms with Gasteiger partial charge < -0.3 is 9.30 Å². The number of fused-ring (bicyclic) bond motifs is 1. The number of carbonyl (C=O) groups excluding carboxylic acids is 1. The van der Waals surface area contributed by atoms with Crippen molar-refractivity contribution in [3.05, 3.63) is 23.5 Å². The molecule has 3 nitrogen and oxygen atoms in total. The highest BCUT2D eigenvalue weighted by Crippen LogP contribution is 2.22. The van der Waals surface area contributed by atoms with E-state index in [1.807, 2.05) is 12.3 Å². The van der Waals surface area contributed by atoms with Crippen LogP contribution in [0.25, 0.3) is 0 Å². The van der Waals surface area contributed by atoms with Crippen LogP contribution in [0.4, 0.5) is 0 Å². The SMILES string of the molecule is COC(=O)c1cc2n(c1)CCCC(C)C2. The largest absolute Gasteiger partial charge is 0.465 e. The zero-order chi connectivity index (χ0) is 10.8. The van der Waals surface area contributed by atoms with Gasteiger partial charge in [0.2, 0.25) is 0 Å². The lowest BCUT2D eigenvalue weighted by molar-refractivity contribution is 0.0600. The van der Waals surface area contributed by atoms with Crippen LogP contribution in [0, 0.1) is 5.92 Å². The molecule has 1 unspecified atom stereocenters. The van der Waals surface area contributed by atoms with Crippen LogP contribution in [0.15, 0.2) is 12.3 Å². The molecule has 1 aliphatic rings. The Hall–Kier alpha value is -1.25. The average Bonchev–Trinajstić information content (AvgIpc) is 2.53. The van der Waals surface area contributed by atoms with Crippen molar-refractivity contribution in [3.8, 4) is 0 Å². The van der Waals surface area contributed by atoms with Crippen LogP contribution in [-0.4, -0.2) is 17.6 Å². The van der Waals surface area contributed by atoms with Crippen LogP contribution in [0.2, 0.25) is 0 Å². The van der Waals surface area contributed by atoms with Crippen LogP contribution < -0.4 is 0 Å². The van der Waals surface area contributed by atoms with Crippen LogP contribution in [-0.2, 0) is 17.7 Å². The molecule has 0 spiro atoms. The number of hydrogen-bond donors (Lipinski definition) is 0. The fourth-order valence-corrected chi connectivity index (χ4v) is 2.23. The second-order valence-corrected chi connectivity index (χ2v) is 4.36. The quantitative estimate of drug-likeness (QED) is 0.661. The second kappa shape index (κ2) is 4.09. The van der Waals surface area contributed by atoms with E-state index >= 15 is 0 Å². The summed E-state index contributed by atoms with van der Waals surface area (Å²) in [6.45, 7) is 3.29. The molecule has 3 heteroatoms. The van der Waals surface area contributed by atoms with Gasteiger partial charge in [0.1, 0.15) is 0 Å². The first-order chi connectivity index (χ1) is 7.20. The molecule has 0 saturated heterocycles. The standard InChI is InChI=1S/C12H17NO2/c1-9-4-3-5-13-8-10(12(14)15-2)7-11(13)6-9/h7-9H,3-6H2,1-2H3. The minimum atomic E-state index is -0.233. The van der Waals surface area contributed by atoms with E-state index in [-0.39, 0.29) is 5.97 Å². The number of esters is 1. The minimum absolute atomic E-state index is 0.233. The van der Waals surface area contributed by atoms with Crippen molar-refractivity contribution in [1.82, 2.24) is 4.57 Å². The summed E-state index contributed by atoms with van der Waals surface area (Å²) in [6, 6.07) is 1.97. The maximum atomic E-state index is 11.4. The van der Waals surface area contributed by atoms with Crippen molar-refractivity contribution in [3.63, 3.8) is 0 Å². The van der Waals surface area contributed by atoms with Crippen molar-refractivity contribution in [2.45, 2.75) is 32.7 Å². The number of carbonyl (C=O) groups is 1. The first kappa shape index (κ1) is 10.3. The van der Waals surface area contributed by atoms with Gasteiger partial charge in [-0.05, 0) is 31.2 Å². The lowest BCUT2D eigenvalue weighted by Gasteiger charge is -2.04. The molecule has 1 aliphatic heterocycles. The lowest BCUT2D eigenvalue weighted by atomic mass is 10.0. The van der Waals surface area contributed by atoms with Gasteiger partial charge in [-0.15, -0.1) is 0 Å². The van der Waals surface area contributed by atoms with Crippen molar-refractivity contribution >= 4 is 5.97 Å². The maximum Gasteiger partial charge on any atom is 0.339 e. The van der Waals surface area contributed by atoms with E-state index in [2.05, 4.69) is 11.5 Å². The third-order valence-corrected chi connectivity index (χ3v) is 3.06. The van der Waals surface area contributed by atoms with Gasteiger partial charge in [0, 0.05) is 18.4 Å². The van der Waals surface area contributed by atoms with Crippen molar-refractivity contribution in [2.24, 2.45) is 5.92 Å². The first-order valence-electron chi connectivity index (χ1n) is 5.48. The summed E-state index contributed by atoms with van der Waals surface area (Å²) in [5.41, 5.74) is 1.95. The summed E-state index contributed by atoms with van der Waals surface area (Å²) in [5, 5.41) is 0. The minimum Gasteiger partial charge on any atom is -0.465 e. The van der Waals surface area contributed by atoms with Gasteiger partial charge in [-0.25, -0.2) is 4.79 Å². The second-order valence-electron chi connectivity index (χ2n) is 4.36. The zero-order valence-electron chi connectivity index (χ0n) is 9.32. The molecule has 2 rings (SSSR count). The molecule has 0 N–H and O–H groups in total. The molecule has 0 fully saturated rings. The summed E-state index contributed by atoms with van der Waals surface area (Å²) in [7, 11) is 1.42. The van der Waals surface area contributed by atoms with Gasteiger partial charge in [-0.3, -0.25) is 0 Å². The number of nitrogens with zero attached hydrogens (tertiary/aromatic N) is 1. The summed E-state index contributed by atoms with van der Waals surface area (Å²) >= 11 is 0. The predicted molar refractivity (Wildman–Crippen MR) is 57.9 cm³/mol. The lowest BCUT2D eigenvalue weighted by Crippen LogP contribution is -2.00. The maximum absolute atomic E-state index is 11.4. The van der Waals surface area contributed by atoms with E-state index in [9.17, 15) is 4.79 Å². The molecule has 1 aromatic rings. The Balaban J connectivity index is 2.27. The average molecular weight is 207 g/mol. The van der Waals surface area contributed by atoms with Crippen molar-refractivity contribution < 1.29 is 9.53 Å². The molecule has 0 radical (unpaired) electrons. The van der Waals surface area contributed by atoms with E-state index in [4.69, 9.17) is 4.74 Å². The molecular formula is C12H17NO2. The summed E-state index contributed by atoms with van der Waals surface area (Å²) in [4.78, 5) is 11.4. The van der Waals surface area contributed by atoms with Gasteiger partial charge in [0.05, 0.1) is 12.7 Å². The Morgan fingerprint density at radius 3 is 3.13 bits per heavy atom. The molecule has 0 saturated carbocycles. The number of methoxy groups -OCH3 is 1.